The first-order chi connectivity index (χ1) is 9.32. The van der Waals surface area contributed by atoms with Crippen LogP contribution in [0.2, 0.25) is 5.02 Å². The minimum atomic E-state index is -3.59. The van der Waals surface area contributed by atoms with Crippen LogP contribution < -0.4 is 5.73 Å². The van der Waals surface area contributed by atoms with Gasteiger partial charge in [-0.2, -0.15) is 15.6 Å². The van der Waals surface area contributed by atoms with Crippen molar-refractivity contribution in [3.05, 3.63) is 45.1 Å². The van der Waals surface area contributed by atoms with Crippen LogP contribution in [0.1, 0.15) is 11.1 Å². The fraction of sp³-hybridized carbons (Fsp3) is 0.231. The molecule has 2 aromatic rings. The fourth-order valence-electron chi connectivity index (χ4n) is 1.84. The highest BCUT2D eigenvalue weighted by Crippen LogP contribution is 2.28. The zero-order chi connectivity index (χ0) is 14.9. The molecule has 1 heterocycles. The van der Waals surface area contributed by atoms with Gasteiger partial charge in [0.15, 0.2) is 0 Å². The Balaban J connectivity index is 2.37. The fourth-order valence-corrected chi connectivity index (χ4v) is 4.11. The molecule has 0 bridgehead atoms. The van der Waals surface area contributed by atoms with Crippen LogP contribution in [0.3, 0.4) is 0 Å². The Labute approximate surface area is 127 Å². The van der Waals surface area contributed by atoms with Gasteiger partial charge in [0.05, 0.1) is 15.6 Å². The molecule has 0 unspecified atom stereocenters. The lowest BCUT2D eigenvalue weighted by atomic mass is 10.2. The van der Waals surface area contributed by atoms with E-state index in [4.69, 9.17) is 17.3 Å². The monoisotopic (exact) mass is 330 g/mol. The van der Waals surface area contributed by atoms with Gasteiger partial charge in [0, 0.05) is 13.6 Å². The molecule has 0 aliphatic heterocycles. The van der Waals surface area contributed by atoms with Gasteiger partial charge in [0.2, 0.25) is 10.0 Å². The van der Waals surface area contributed by atoms with Crippen molar-refractivity contribution >= 4 is 38.6 Å². The molecule has 7 heteroatoms. The van der Waals surface area contributed by atoms with Gasteiger partial charge in [0.1, 0.15) is 0 Å². The predicted octanol–water partition coefficient (Wildman–Crippen LogP) is 3.11. The molecule has 0 aliphatic rings. The van der Waals surface area contributed by atoms with Crippen molar-refractivity contribution in [2.24, 2.45) is 0 Å². The van der Waals surface area contributed by atoms with E-state index in [1.165, 1.54) is 21.7 Å². The van der Waals surface area contributed by atoms with Crippen molar-refractivity contribution in [2.75, 3.05) is 12.8 Å². The molecule has 0 amide bonds. The van der Waals surface area contributed by atoms with E-state index in [0.717, 1.165) is 5.56 Å². The van der Waals surface area contributed by atoms with Gasteiger partial charge in [-0.05, 0) is 47.0 Å². The smallest absolute Gasteiger partial charge is 0.243 e. The largest absolute Gasteiger partial charge is 0.397 e. The standard InChI is InChI=1S/C13H15ClN2O2S2/c1-9-5-11(14)12(15)6-13(9)20(17,18)16(2)7-10-3-4-19-8-10/h3-6,8H,7,15H2,1-2H3. The van der Waals surface area contributed by atoms with Crippen LogP contribution in [-0.2, 0) is 16.6 Å². The van der Waals surface area contributed by atoms with E-state index in [-0.39, 0.29) is 10.6 Å². The van der Waals surface area contributed by atoms with Crippen molar-refractivity contribution in [1.29, 1.82) is 0 Å². The highest BCUT2D eigenvalue weighted by atomic mass is 35.5. The summed E-state index contributed by atoms with van der Waals surface area (Å²) in [6.45, 7) is 2.03. The van der Waals surface area contributed by atoms with Crippen LogP contribution in [0, 0.1) is 6.92 Å². The third-order valence-electron chi connectivity index (χ3n) is 2.97. The lowest BCUT2D eigenvalue weighted by Crippen LogP contribution is -2.27. The van der Waals surface area contributed by atoms with Crippen LogP contribution in [0.4, 0.5) is 5.69 Å². The molecule has 0 aliphatic carbocycles. The van der Waals surface area contributed by atoms with Crippen molar-refractivity contribution in [2.45, 2.75) is 18.4 Å². The van der Waals surface area contributed by atoms with E-state index >= 15 is 0 Å². The molecular formula is C13H15ClN2O2S2. The molecule has 4 nitrogen and oxygen atoms in total. The summed E-state index contributed by atoms with van der Waals surface area (Å²) in [7, 11) is -2.03. The molecule has 0 saturated carbocycles. The summed E-state index contributed by atoms with van der Waals surface area (Å²) in [5, 5.41) is 4.21. The molecule has 2 rings (SSSR count). The third-order valence-corrected chi connectivity index (χ3v) is 5.97. The first-order valence-corrected chi connectivity index (χ1v) is 8.61. The average molecular weight is 331 g/mol. The van der Waals surface area contributed by atoms with Gasteiger partial charge < -0.3 is 5.73 Å². The van der Waals surface area contributed by atoms with Crippen molar-refractivity contribution in [3.63, 3.8) is 0 Å². The van der Waals surface area contributed by atoms with Crippen molar-refractivity contribution in [3.8, 4) is 0 Å². The summed E-state index contributed by atoms with van der Waals surface area (Å²) in [4.78, 5) is 0.192. The number of nitrogen functional groups attached to an aromatic ring is 1. The zero-order valence-electron chi connectivity index (χ0n) is 11.1. The second kappa shape index (κ2) is 5.73. The number of benzene rings is 1. The normalized spacial score (nSPS) is 12.0. The lowest BCUT2D eigenvalue weighted by Gasteiger charge is -2.18. The van der Waals surface area contributed by atoms with E-state index in [1.807, 2.05) is 16.8 Å². The Kier molecular flexibility index (Phi) is 4.39. The average Bonchev–Trinajstić information content (AvgIpc) is 2.86. The van der Waals surface area contributed by atoms with Crippen LogP contribution in [0.25, 0.3) is 0 Å². The second-order valence-electron chi connectivity index (χ2n) is 4.53. The molecule has 0 fully saturated rings. The predicted molar refractivity (Wildman–Crippen MR) is 83.6 cm³/mol. The van der Waals surface area contributed by atoms with Gasteiger partial charge in [-0.1, -0.05) is 11.6 Å². The molecule has 2 N–H and O–H groups in total. The van der Waals surface area contributed by atoms with E-state index in [2.05, 4.69) is 0 Å². The Morgan fingerprint density at radius 2 is 2.10 bits per heavy atom. The molecule has 108 valence electrons. The molecular weight excluding hydrogens is 316 g/mol. The van der Waals surface area contributed by atoms with Crippen molar-refractivity contribution in [1.82, 2.24) is 4.31 Å². The van der Waals surface area contributed by atoms with Crippen LogP contribution >= 0.6 is 22.9 Å². The topological polar surface area (TPSA) is 63.4 Å². The Bertz CT molecular complexity index is 712. The molecule has 0 atom stereocenters. The number of halogens is 1. The van der Waals surface area contributed by atoms with E-state index in [1.54, 1.807) is 20.0 Å². The zero-order valence-corrected chi connectivity index (χ0v) is 13.5. The van der Waals surface area contributed by atoms with Crippen LogP contribution in [0.5, 0.6) is 0 Å². The maximum atomic E-state index is 12.6. The van der Waals surface area contributed by atoms with E-state index in [0.29, 0.717) is 17.1 Å². The molecule has 20 heavy (non-hydrogen) atoms. The number of aryl methyl sites for hydroxylation is 1. The third kappa shape index (κ3) is 2.98. The Morgan fingerprint density at radius 3 is 2.70 bits per heavy atom. The summed E-state index contributed by atoms with van der Waals surface area (Å²) in [5.74, 6) is 0. The number of nitrogens with zero attached hydrogens (tertiary/aromatic N) is 1. The minimum absolute atomic E-state index is 0.192. The van der Waals surface area contributed by atoms with E-state index < -0.39 is 10.0 Å². The van der Waals surface area contributed by atoms with Gasteiger partial charge >= 0.3 is 0 Å². The quantitative estimate of drug-likeness (QED) is 0.876. The first kappa shape index (κ1) is 15.3. The second-order valence-corrected chi connectivity index (χ2v) is 7.73. The van der Waals surface area contributed by atoms with Gasteiger partial charge in [-0.25, -0.2) is 8.42 Å². The summed E-state index contributed by atoms with van der Waals surface area (Å²) >= 11 is 7.44. The molecule has 1 aromatic heterocycles. The van der Waals surface area contributed by atoms with Crippen LogP contribution in [-0.4, -0.2) is 19.8 Å². The summed E-state index contributed by atoms with van der Waals surface area (Å²) in [5.41, 5.74) is 7.52. The highest BCUT2D eigenvalue weighted by molar-refractivity contribution is 7.89. The highest BCUT2D eigenvalue weighted by Gasteiger charge is 2.24. The first-order valence-electron chi connectivity index (χ1n) is 5.85. The lowest BCUT2D eigenvalue weighted by molar-refractivity contribution is 0.467. The van der Waals surface area contributed by atoms with Crippen LogP contribution in [0.15, 0.2) is 33.9 Å². The minimum Gasteiger partial charge on any atom is -0.397 e. The summed E-state index contributed by atoms with van der Waals surface area (Å²) < 4.78 is 26.5. The van der Waals surface area contributed by atoms with E-state index in [9.17, 15) is 8.42 Å². The Hall–Kier alpha value is -1.08. The summed E-state index contributed by atoms with van der Waals surface area (Å²) in [6, 6.07) is 4.89. The van der Waals surface area contributed by atoms with Crippen molar-refractivity contribution < 1.29 is 8.42 Å². The number of nitrogens with two attached hydrogens (primary N) is 1. The van der Waals surface area contributed by atoms with Gasteiger partial charge in [-0.3, -0.25) is 0 Å². The maximum Gasteiger partial charge on any atom is 0.243 e. The Morgan fingerprint density at radius 1 is 1.40 bits per heavy atom. The van der Waals surface area contributed by atoms with Gasteiger partial charge in [-0.15, -0.1) is 0 Å². The maximum absolute atomic E-state index is 12.6. The number of sulfonamides is 1. The van der Waals surface area contributed by atoms with Gasteiger partial charge in [0.25, 0.3) is 0 Å². The molecule has 0 spiro atoms. The number of rotatable bonds is 4. The number of thiophene rings is 1. The SMILES string of the molecule is Cc1cc(Cl)c(N)cc1S(=O)(=O)N(C)Cc1ccsc1. The number of anilines is 1. The number of hydrogen-bond acceptors (Lipinski definition) is 4. The number of hydrogen-bond donors (Lipinski definition) is 1. The molecule has 0 saturated heterocycles. The molecule has 1 aromatic carbocycles. The summed E-state index contributed by atoms with van der Waals surface area (Å²) in [6.07, 6.45) is 0. The molecule has 0 radical (unpaired) electrons.